The van der Waals surface area contributed by atoms with Crippen molar-refractivity contribution in [2.45, 2.75) is 25.0 Å². The van der Waals surface area contributed by atoms with Crippen molar-refractivity contribution in [3.8, 4) is 0 Å². The molecule has 7 heteroatoms. The van der Waals surface area contributed by atoms with Crippen molar-refractivity contribution in [1.82, 2.24) is 4.98 Å². The molecule has 0 aliphatic rings. The molecule has 102 valence electrons. The van der Waals surface area contributed by atoms with Crippen molar-refractivity contribution in [3.05, 3.63) is 11.1 Å². The standard InChI is InChI=1S/C11H18N2O3S2/c1-8(18(3)15)6-12-11-13-9(7-17-11)4-5-10(14)16-2/h7-8H,4-6H2,1-3H3,(H,12,13). The van der Waals surface area contributed by atoms with Crippen LogP contribution >= 0.6 is 11.3 Å². The minimum atomic E-state index is -0.835. The second kappa shape index (κ2) is 7.48. The van der Waals surface area contributed by atoms with E-state index in [2.05, 4.69) is 15.0 Å². The van der Waals surface area contributed by atoms with Gasteiger partial charge in [0.2, 0.25) is 0 Å². The summed E-state index contributed by atoms with van der Waals surface area (Å²) in [5.41, 5.74) is 0.873. The summed E-state index contributed by atoms with van der Waals surface area (Å²) in [5, 5.41) is 5.95. The number of anilines is 1. The summed E-state index contributed by atoms with van der Waals surface area (Å²) in [6.07, 6.45) is 2.62. The molecule has 0 spiro atoms. The van der Waals surface area contributed by atoms with Crippen LogP contribution in [0.5, 0.6) is 0 Å². The minimum Gasteiger partial charge on any atom is -0.469 e. The van der Waals surface area contributed by atoms with Crippen molar-refractivity contribution in [3.63, 3.8) is 0 Å². The normalized spacial score (nSPS) is 13.9. The van der Waals surface area contributed by atoms with Crippen LogP contribution in [0, 0.1) is 0 Å². The largest absolute Gasteiger partial charge is 0.469 e. The zero-order valence-electron chi connectivity index (χ0n) is 10.8. The van der Waals surface area contributed by atoms with Crippen LogP contribution in [0.15, 0.2) is 5.38 Å². The molecule has 0 amide bonds. The highest BCUT2D eigenvalue weighted by molar-refractivity contribution is 7.84. The second-order valence-corrected chi connectivity index (χ2v) is 6.57. The summed E-state index contributed by atoms with van der Waals surface area (Å²) >= 11 is 1.49. The molecule has 1 N–H and O–H groups in total. The van der Waals surface area contributed by atoms with Gasteiger partial charge in [-0.05, 0) is 6.92 Å². The summed E-state index contributed by atoms with van der Waals surface area (Å²) in [5.74, 6) is -0.229. The van der Waals surface area contributed by atoms with Crippen LogP contribution in [0.3, 0.4) is 0 Å². The highest BCUT2D eigenvalue weighted by atomic mass is 32.2. The summed E-state index contributed by atoms with van der Waals surface area (Å²) < 4.78 is 15.8. The van der Waals surface area contributed by atoms with Crippen molar-refractivity contribution in [1.29, 1.82) is 0 Å². The zero-order chi connectivity index (χ0) is 13.5. The van der Waals surface area contributed by atoms with Crippen LogP contribution in [0.1, 0.15) is 19.0 Å². The van der Waals surface area contributed by atoms with Gasteiger partial charge in [-0.15, -0.1) is 11.3 Å². The van der Waals surface area contributed by atoms with Crippen LogP contribution in [0.2, 0.25) is 0 Å². The van der Waals surface area contributed by atoms with E-state index >= 15 is 0 Å². The van der Waals surface area contributed by atoms with Gasteiger partial charge in [0.15, 0.2) is 5.13 Å². The van der Waals surface area contributed by atoms with E-state index in [1.165, 1.54) is 18.4 Å². The van der Waals surface area contributed by atoms with Gasteiger partial charge >= 0.3 is 5.97 Å². The Balaban J connectivity index is 2.38. The Labute approximate surface area is 113 Å². The molecule has 0 bridgehead atoms. The summed E-state index contributed by atoms with van der Waals surface area (Å²) in [4.78, 5) is 15.3. The number of ether oxygens (including phenoxy) is 1. The quantitative estimate of drug-likeness (QED) is 0.769. The third-order valence-corrected chi connectivity index (χ3v) is 4.62. The number of rotatable bonds is 7. The summed E-state index contributed by atoms with van der Waals surface area (Å²) in [6.45, 7) is 2.56. The number of hydrogen-bond acceptors (Lipinski definition) is 6. The van der Waals surface area contributed by atoms with Gasteiger partial charge in [-0.25, -0.2) is 4.98 Å². The number of nitrogens with zero attached hydrogens (tertiary/aromatic N) is 1. The Kier molecular flexibility index (Phi) is 6.28. The number of aryl methyl sites for hydroxylation is 1. The SMILES string of the molecule is COC(=O)CCc1csc(NCC(C)S(C)=O)n1. The predicted octanol–water partition coefficient (Wildman–Crippen LogP) is 1.43. The maximum Gasteiger partial charge on any atom is 0.305 e. The van der Waals surface area contributed by atoms with Gasteiger partial charge in [0.05, 0.1) is 19.2 Å². The van der Waals surface area contributed by atoms with Crippen LogP contribution in [-0.2, 0) is 26.8 Å². The lowest BCUT2D eigenvalue weighted by Gasteiger charge is -2.08. The molecule has 0 radical (unpaired) electrons. The van der Waals surface area contributed by atoms with Gasteiger partial charge in [0.25, 0.3) is 0 Å². The molecule has 2 unspecified atom stereocenters. The van der Waals surface area contributed by atoms with Crippen molar-refractivity contribution in [2.75, 3.05) is 25.2 Å². The minimum absolute atomic E-state index is 0.0902. The average molecular weight is 290 g/mol. The van der Waals surface area contributed by atoms with Gasteiger partial charge in [-0.1, -0.05) is 0 Å². The fourth-order valence-corrected chi connectivity index (χ4v) is 2.26. The molecule has 1 aromatic heterocycles. The number of nitrogens with one attached hydrogen (secondary N) is 1. The molecule has 0 saturated heterocycles. The molecule has 0 aliphatic heterocycles. The Morgan fingerprint density at radius 1 is 1.67 bits per heavy atom. The monoisotopic (exact) mass is 290 g/mol. The number of carbonyl (C=O) groups excluding carboxylic acids is 1. The van der Waals surface area contributed by atoms with E-state index in [1.807, 2.05) is 12.3 Å². The van der Waals surface area contributed by atoms with Gasteiger partial charge in [-0.2, -0.15) is 0 Å². The van der Waals surface area contributed by atoms with E-state index in [4.69, 9.17) is 0 Å². The van der Waals surface area contributed by atoms with E-state index in [0.29, 0.717) is 19.4 Å². The molecular weight excluding hydrogens is 272 g/mol. The maximum atomic E-state index is 11.2. The van der Waals surface area contributed by atoms with Gasteiger partial charge in [0.1, 0.15) is 0 Å². The van der Waals surface area contributed by atoms with Gasteiger partial charge in [-0.3, -0.25) is 9.00 Å². The first-order valence-electron chi connectivity index (χ1n) is 5.60. The highest BCUT2D eigenvalue weighted by Gasteiger charge is 2.08. The Bertz CT molecular complexity index is 420. The number of hydrogen-bond donors (Lipinski definition) is 1. The highest BCUT2D eigenvalue weighted by Crippen LogP contribution is 2.16. The molecule has 5 nitrogen and oxygen atoms in total. The molecule has 1 heterocycles. The lowest BCUT2D eigenvalue weighted by molar-refractivity contribution is -0.140. The van der Waals surface area contributed by atoms with E-state index in [1.54, 1.807) is 6.26 Å². The molecule has 1 aromatic rings. The van der Waals surface area contributed by atoms with Crippen molar-refractivity contribution in [2.24, 2.45) is 0 Å². The van der Waals surface area contributed by atoms with Crippen LogP contribution in [0.4, 0.5) is 5.13 Å². The van der Waals surface area contributed by atoms with E-state index < -0.39 is 10.8 Å². The topological polar surface area (TPSA) is 68.3 Å². The van der Waals surface area contributed by atoms with E-state index in [9.17, 15) is 9.00 Å². The van der Waals surface area contributed by atoms with Crippen molar-refractivity contribution < 1.29 is 13.7 Å². The van der Waals surface area contributed by atoms with Crippen molar-refractivity contribution >= 4 is 33.2 Å². The molecule has 0 aromatic carbocycles. The number of esters is 1. The molecule has 2 atom stereocenters. The van der Waals surface area contributed by atoms with Gasteiger partial charge < -0.3 is 10.1 Å². The molecule has 0 aliphatic carbocycles. The fourth-order valence-electron chi connectivity index (χ4n) is 1.18. The number of methoxy groups -OCH3 is 1. The lowest BCUT2D eigenvalue weighted by atomic mass is 10.2. The first-order chi connectivity index (χ1) is 8.52. The molecule has 0 fully saturated rings. The number of thiazole rings is 1. The second-order valence-electron chi connectivity index (χ2n) is 3.91. The Morgan fingerprint density at radius 2 is 2.39 bits per heavy atom. The Morgan fingerprint density at radius 3 is 3.00 bits per heavy atom. The number of aromatic nitrogens is 1. The Hall–Kier alpha value is -0.950. The van der Waals surface area contributed by atoms with Crippen LogP contribution < -0.4 is 5.32 Å². The molecule has 0 saturated carbocycles. The first kappa shape index (κ1) is 15.1. The lowest BCUT2D eigenvalue weighted by Crippen LogP contribution is -2.20. The summed E-state index contributed by atoms with van der Waals surface area (Å²) in [6, 6.07) is 0. The molecule has 1 rings (SSSR count). The van der Waals surface area contributed by atoms with E-state index in [0.717, 1.165) is 10.8 Å². The zero-order valence-corrected chi connectivity index (χ0v) is 12.4. The predicted molar refractivity (Wildman–Crippen MR) is 74.5 cm³/mol. The van der Waals surface area contributed by atoms with Crippen LogP contribution in [0.25, 0.3) is 0 Å². The summed E-state index contributed by atoms with van der Waals surface area (Å²) in [7, 11) is 0.543. The molecular formula is C11H18N2O3S2. The average Bonchev–Trinajstić information content (AvgIpc) is 2.80. The smallest absolute Gasteiger partial charge is 0.305 e. The van der Waals surface area contributed by atoms with E-state index in [-0.39, 0.29) is 11.2 Å². The number of carbonyl (C=O) groups is 1. The first-order valence-corrected chi connectivity index (χ1v) is 8.10. The fraction of sp³-hybridized carbons (Fsp3) is 0.636. The third kappa shape index (κ3) is 5.14. The maximum absolute atomic E-state index is 11.2. The van der Waals surface area contributed by atoms with Gasteiger partial charge in [0, 0.05) is 40.7 Å². The van der Waals surface area contributed by atoms with Crippen LogP contribution in [-0.4, -0.2) is 40.3 Å². The molecule has 18 heavy (non-hydrogen) atoms. The third-order valence-electron chi connectivity index (χ3n) is 2.47.